The normalized spacial score (nSPS) is 10.9. The summed E-state index contributed by atoms with van der Waals surface area (Å²) in [7, 11) is 1.95. The van der Waals surface area contributed by atoms with E-state index in [1.54, 1.807) is 0 Å². The molecule has 3 aromatic rings. The number of phenols is 1. The number of phenolic OH excluding ortho intramolecular Hbond substituents is 1. The van der Waals surface area contributed by atoms with Gasteiger partial charge in [-0.25, -0.2) is 0 Å². The molecule has 0 unspecified atom stereocenters. The zero-order chi connectivity index (χ0) is 16.6. The Hall–Kier alpha value is -2.80. The van der Waals surface area contributed by atoms with Gasteiger partial charge in [0.25, 0.3) is 0 Å². The lowest BCUT2D eigenvalue weighted by Crippen LogP contribution is -2.25. The van der Waals surface area contributed by atoms with Gasteiger partial charge in [-0.2, -0.15) is 0 Å². The molecule has 118 valence electrons. The molecule has 0 bridgehead atoms. The SMILES string of the molecule is C#Cc1cc(CC)c(O)c(N(C)Cn2[nH]c3cc(C)ccc32)c1. The Bertz CT molecular complexity index is 895. The third-order valence-electron chi connectivity index (χ3n) is 4.18. The molecule has 23 heavy (non-hydrogen) atoms. The molecule has 0 fully saturated rings. The second-order valence-corrected chi connectivity index (χ2v) is 5.90. The molecule has 0 spiro atoms. The predicted molar refractivity (Wildman–Crippen MR) is 94.8 cm³/mol. The van der Waals surface area contributed by atoms with Gasteiger partial charge in [0.2, 0.25) is 0 Å². The zero-order valence-corrected chi connectivity index (χ0v) is 13.7. The molecule has 0 atom stereocenters. The quantitative estimate of drug-likeness (QED) is 0.723. The number of aromatic amines is 1. The number of hydrogen-bond donors (Lipinski definition) is 2. The Labute approximate surface area is 136 Å². The number of hydrogen-bond acceptors (Lipinski definition) is 2. The maximum absolute atomic E-state index is 10.5. The lowest BCUT2D eigenvalue weighted by Gasteiger charge is -2.26. The van der Waals surface area contributed by atoms with Crippen LogP contribution in [0.15, 0.2) is 30.3 Å². The van der Waals surface area contributed by atoms with E-state index in [4.69, 9.17) is 6.42 Å². The molecule has 2 N–H and O–H groups in total. The second-order valence-electron chi connectivity index (χ2n) is 5.90. The highest BCUT2D eigenvalue weighted by Gasteiger charge is 2.14. The van der Waals surface area contributed by atoms with Crippen LogP contribution in [0.1, 0.15) is 23.6 Å². The fraction of sp³-hybridized carbons (Fsp3) is 0.263. The van der Waals surface area contributed by atoms with Crippen LogP contribution >= 0.6 is 0 Å². The first-order valence-corrected chi connectivity index (χ1v) is 7.72. The Morgan fingerprint density at radius 1 is 1.30 bits per heavy atom. The van der Waals surface area contributed by atoms with E-state index in [-0.39, 0.29) is 0 Å². The van der Waals surface area contributed by atoms with E-state index >= 15 is 0 Å². The average Bonchev–Trinajstić information content (AvgIpc) is 2.53. The average molecular weight is 307 g/mol. The molecule has 1 aromatic heterocycles. The van der Waals surface area contributed by atoms with Gasteiger partial charge in [-0.05, 0) is 48.7 Å². The van der Waals surface area contributed by atoms with Gasteiger partial charge in [0.15, 0.2) is 0 Å². The van der Waals surface area contributed by atoms with Gasteiger partial charge in [0.1, 0.15) is 12.4 Å². The first-order valence-electron chi connectivity index (χ1n) is 7.72. The molecule has 0 aliphatic heterocycles. The van der Waals surface area contributed by atoms with Gasteiger partial charge in [-0.1, -0.05) is 18.9 Å². The number of benzene rings is 2. The van der Waals surface area contributed by atoms with E-state index < -0.39 is 0 Å². The Morgan fingerprint density at radius 3 is 2.74 bits per heavy atom. The predicted octanol–water partition coefficient (Wildman–Crippen LogP) is 3.62. The number of H-pyrrole nitrogens is 1. The van der Waals surface area contributed by atoms with Crippen molar-refractivity contribution in [1.82, 2.24) is 9.78 Å². The molecule has 3 rings (SSSR count). The lowest BCUT2D eigenvalue weighted by molar-refractivity contribution is 0.465. The molecule has 2 aromatic carbocycles. The summed E-state index contributed by atoms with van der Waals surface area (Å²) < 4.78 is 2.04. The van der Waals surface area contributed by atoms with Crippen LogP contribution < -0.4 is 4.90 Å². The number of nitrogens with one attached hydrogen (secondary N) is 1. The van der Waals surface area contributed by atoms with Gasteiger partial charge in [-0.15, -0.1) is 6.42 Å². The van der Waals surface area contributed by atoms with Crippen LogP contribution in [0.25, 0.3) is 11.0 Å². The van der Waals surface area contributed by atoms with Crippen LogP contribution in [-0.2, 0) is 13.1 Å². The minimum atomic E-state index is 0.304. The standard InChI is InChI=1S/C19H21N3O/c1-5-14-10-15(6-2)19(23)18(11-14)21(4)12-22-17-8-7-13(3)9-16(17)20-22/h1,7-11,20,23H,6,12H2,2-4H3. The summed E-state index contributed by atoms with van der Waals surface area (Å²) in [5, 5.41) is 13.8. The molecule has 0 saturated heterocycles. The number of aromatic hydroxyl groups is 1. The van der Waals surface area contributed by atoms with E-state index in [1.807, 2.05) is 35.7 Å². The molecule has 4 nitrogen and oxygen atoms in total. The second kappa shape index (κ2) is 5.77. The summed E-state index contributed by atoms with van der Waals surface area (Å²) >= 11 is 0. The Morgan fingerprint density at radius 2 is 2.09 bits per heavy atom. The van der Waals surface area contributed by atoms with Crippen LogP contribution in [0.3, 0.4) is 0 Å². The molecule has 0 aliphatic rings. The van der Waals surface area contributed by atoms with Crippen LogP contribution in [-0.4, -0.2) is 21.9 Å². The largest absolute Gasteiger partial charge is 0.505 e. The van der Waals surface area contributed by atoms with Crippen molar-refractivity contribution in [3.63, 3.8) is 0 Å². The third kappa shape index (κ3) is 2.66. The van der Waals surface area contributed by atoms with Gasteiger partial charge in [0.05, 0.1) is 16.7 Å². The summed E-state index contributed by atoms with van der Waals surface area (Å²) in [5.41, 5.74) is 5.93. The highest BCUT2D eigenvalue weighted by Crippen LogP contribution is 2.33. The number of terminal acetylenes is 1. The van der Waals surface area contributed by atoms with Crippen molar-refractivity contribution < 1.29 is 5.11 Å². The van der Waals surface area contributed by atoms with E-state index in [2.05, 4.69) is 36.1 Å². The Kier molecular flexibility index (Phi) is 3.79. The van der Waals surface area contributed by atoms with E-state index in [0.29, 0.717) is 12.4 Å². The molecule has 0 saturated carbocycles. The zero-order valence-electron chi connectivity index (χ0n) is 13.7. The summed E-state index contributed by atoms with van der Waals surface area (Å²) in [5.74, 6) is 2.96. The van der Waals surface area contributed by atoms with Crippen molar-refractivity contribution in [1.29, 1.82) is 0 Å². The number of aryl methyl sites for hydroxylation is 2. The first-order chi connectivity index (χ1) is 11.0. The smallest absolute Gasteiger partial charge is 0.142 e. The lowest BCUT2D eigenvalue weighted by atomic mass is 10.1. The maximum Gasteiger partial charge on any atom is 0.142 e. The maximum atomic E-state index is 10.5. The summed E-state index contributed by atoms with van der Waals surface area (Å²) in [6.07, 6.45) is 6.28. The number of nitrogens with zero attached hydrogens (tertiary/aromatic N) is 2. The Balaban J connectivity index is 1.91. The number of anilines is 1. The van der Waals surface area contributed by atoms with Crippen molar-refractivity contribution in [3.05, 3.63) is 47.0 Å². The molecular weight excluding hydrogens is 286 g/mol. The number of aromatic nitrogens is 2. The highest BCUT2D eigenvalue weighted by atomic mass is 16.3. The topological polar surface area (TPSA) is 44.2 Å². The van der Waals surface area contributed by atoms with Crippen molar-refractivity contribution in [2.75, 3.05) is 11.9 Å². The summed E-state index contributed by atoms with van der Waals surface area (Å²) in [4.78, 5) is 1.99. The van der Waals surface area contributed by atoms with Crippen molar-refractivity contribution in [2.45, 2.75) is 26.9 Å². The monoisotopic (exact) mass is 307 g/mol. The van der Waals surface area contributed by atoms with Gasteiger partial charge in [-0.3, -0.25) is 9.78 Å². The van der Waals surface area contributed by atoms with Crippen molar-refractivity contribution >= 4 is 16.7 Å². The summed E-state index contributed by atoms with van der Waals surface area (Å²) in [6.45, 7) is 4.70. The molecule has 0 amide bonds. The molecular formula is C19H21N3O. The van der Waals surface area contributed by atoms with E-state index in [1.165, 1.54) is 5.56 Å². The third-order valence-corrected chi connectivity index (χ3v) is 4.18. The fourth-order valence-corrected chi connectivity index (χ4v) is 2.85. The fourth-order valence-electron chi connectivity index (χ4n) is 2.85. The minimum Gasteiger partial charge on any atom is -0.505 e. The highest BCUT2D eigenvalue weighted by molar-refractivity contribution is 5.78. The van der Waals surface area contributed by atoms with Crippen molar-refractivity contribution in [2.24, 2.45) is 0 Å². The minimum absolute atomic E-state index is 0.304. The van der Waals surface area contributed by atoms with Crippen LogP contribution in [0.2, 0.25) is 0 Å². The van der Waals surface area contributed by atoms with Gasteiger partial charge < -0.3 is 10.0 Å². The van der Waals surface area contributed by atoms with Gasteiger partial charge in [0, 0.05) is 12.6 Å². The van der Waals surface area contributed by atoms with Crippen molar-refractivity contribution in [3.8, 4) is 18.1 Å². The van der Waals surface area contributed by atoms with Gasteiger partial charge >= 0.3 is 0 Å². The van der Waals surface area contributed by atoms with Crippen LogP contribution in [0.4, 0.5) is 5.69 Å². The van der Waals surface area contributed by atoms with E-state index in [9.17, 15) is 5.11 Å². The summed E-state index contributed by atoms with van der Waals surface area (Å²) in [6, 6.07) is 10.0. The number of rotatable bonds is 4. The molecule has 0 radical (unpaired) electrons. The van der Waals surface area contributed by atoms with Crippen LogP contribution in [0.5, 0.6) is 5.75 Å². The number of fused-ring (bicyclic) bond motifs is 1. The van der Waals surface area contributed by atoms with Crippen LogP contribution in [0, 0.1) is 19.3 Å². The molecule has 1 heterocycles. The van der Waals surface area contributed by atoms with E-state index in [0.717, 1.165) is 34.3 Å². The molecule has 4 heteroatoms. The molecule has 0 aliphatic carbocycles. The first kappa shape index (κ1) is 15.1.